The van der Waals surface area contributed by atoms with Crippen molar-refractivity contribution in [2.24, 2.45) is 0 Å². The first-order chi connectivity index (χ1) is 8.65. The number of nitrogens with zero attached hydrogens (tertiary/aromatic N) is 2. The molecule has 0 saturated heterocycles. The second kappa shape index (κ2) is 7.87. The number of rotatable bonds is 8. The van der Waals surface area contributed by atoms with E-state index in [4.69, 9.17) is 4.74 Å². The molecule has 5 nitrogen and oxygen atoms in total. The van der Waals surface area contributed by atoms with Crippen LogP contribution in [0, 0.1) is 0 Å². The summed E-state index contributed by atoms with van der Waals surface area (Å²) in [6.07, 6.45) is 5.58. The van der Waals surface area contributed by atoms with Gasteiger partial charge in [-0.1, -0.05) is 0 Å². The molecule has 0 atom stereocenters. The van der Waals surface area contributed by atoms with Gasteiger partial charge in [0.25, 0.3) is 5.56 Å². The van der Waals surface area contributed by atoms with E-state index in [9.17, 15) is 4.79 Å². The van der Waals surface area contributed by atoms with Crippen molar-refractivity contribution in [2.75, 3.05) is 18.5 Å². The van der Waals surface area contributed by atoms with E-state index in [1.807, 2.05) is 20.8 Å². The maximum absolute atomic E-state index is 11.8. The van der Waals surface area contributed by atoms with Crippen molar-refractivity contribution < 1.29 is 4.74 Å². The number of unbranched alkanes of at least 4 members (excludes halogenated alkanes) is 1. The fourth-order valence-electron chi connectivity index (χ4n) is 1.57. The number of hydrogen-bond donors (Lipinski definition) is 1. The van der Waals surface area contributed by atoms with E-state index in [0.717, 1.165) is 26.0 Å². The predicted molar refractivity (Wildman–Crippen MR) is 73.0 cm³/mol. The smallest absolute Gasteiger partial charge is 0.293 e. The lowest BCUT2D eigenvalue weighted by Gasteiger charge is -2.08. The molecule has 102 valence electrons. The Hall–Kier alpha value is -1.36. The molecule has 1 aromatic heterocycles. The summed E-state index contributed by atoms with van der Waals surface area (Å²) in [6.45, 7) is 8.17. The van der Waals surface area contributed by atoms with Gasteiger partial charge in [-0.25, -0.2) is 4.98 Å². The Morgan fingerprint density at radius 3 is 2.89 bits per heavy atom. The quantitative estimate of drug-likeness (QED) is 0.719. The fourth-order valence-corrected chi connectivity index (χ4v) is 1.57. The zero-order valence-corrected chi connectivity index (χ0v) is 11.5. The Balaban J connectivity index is 2.29. The molecule has 0 unspecified atom stereocenters. The summed E-state index contributed by atoms with van der Waals surface area (Å²) >= 11 is 0. The summed E-state index contributed by atoms with van der Waals surface area (Å²) in [5, 5.41) is 3.08. The molecular weight excluding hydrogens is 230 g/mol. The van der Waals surface area contributed by atoms with Gasteiger partial charge in [-0.15, -0.1) is 0 Å². The van der Waals surface area contributed by atoms with Crippen LogP contribution in [-0.4, -0.2) is 28.8 Å². The molecule has 0 aliphatic carbocycles. The molecule has 0 saturated carbocycles. The zero-order chi connectivity index (χ0) is 13.4. The molecule has 0 aromatic carbocycles. The molecule has 1 N–H and O–H groups in total. The third kappa shape index (κ3) is 4.87. The van der Waals surface area contributed by atoms with Crippen LogP contribution in [0.5, 0.6) is 0 Å². The van der Waals surface area contributed by atoms with Gasteiger partial charge in [0.2, 0.25) is 0 Å². The van der Waals surface area contributed by atoms with Crippen molar-refractivity contribution in [3.63, 3.8) is 0 Å². The lowest BCUT2D eigenvalue weighted by molar-refractivity contribution is 0.0765. The van der Waals surface area contributed by atoms with Gasteiger partial charge in [0.05, 0.1) is 6.10 Å². The van der Waals surface area contributed by atoms with Crippen LogP contribution in [0.4, 0.5) is 5.82 Å². The summed E-state index contributed by atoms with van der Waals surface area (Å²) in [7, 11) is 0. The average Bonchev–Trinajstić information content (AvgIpc) is 2.35. The second-order valence-corrected chi connectivity index (χ2v) is 4.42. The van der Waals surface area contributed by atoms with Gasteiger partial charge in [0.15, 0.2) is 5.82 Å². The van der Waals surface area contributed by atoms with Gasteiger partial charge in [-0.05, 0) is 33.6 Å². The van der Waals surface area contributed by atoms with Crippen LogP contribution in [0.15, 0.2) is 17.2 Å². The number of anilines is 1. The van der Waals surface area contributed by atoms with E-state index in [1.165, 1.54) is 0 Å². The molecule has 0 aliphatic rings. The van der Waals surface area contributed by atoms with Crippen LogP contribution in [0.2, 0.25) is 0 Å². The summed E-state index contributed by atoms with van der Waals surface area (Å²) in [4.78, 5) is 15.9. The maximum atomic E-state index is 11.8. The minimum absolute atomic E-state index is 0.0570. The van der Waals surface area contributed by atoms with Crippen LogP contribution in [-0.2, 0) is 11.3 Å². The van der Waals surface area contributed by atoms with Crippen LogP contribution in [0.3, 0.4) is 0 Å². The van der Waals surface area contributed by atoms with Crippen LogP contribution in [0.25, 0.3) is 0 Å². The van der Waals surface area contributed by atoms with Crippen molar-refractivity contribution in [1.82, 2.24) is 9.55 Å². The molecule has 5 heteroatoms. The van der Waals surface area contributed by atoms with Gasteiger partial charge < -0.3 is 14.6 Å². The lowest BCUT2D eigenvalue weighted by Crippen LogP contribution is -2.24. The van der Waals surface area contributed by atoms with E-state index in [-0.39, 0.29) is 11.7 Å². The van der Waals surface area contributed by atoms with E-state index in [2.05, 4.69) is 10.3 Å². The standard InChI is InChI=1S/C13H23N3O2/c1-4-16-9-8-15-12(13(16)17)14-7-5-6-10-18-11(2)3/h8-9,11H,4-7,10H2,1-3H3,(H,14,15). The van der Waals surface area contributed by atoms with Gasteiger partial charge in [-0.2, -0.15) is 0 Å². The van der Waals surface area contributed by atoms with Gasteiger partial charge >= 0.3 is 0 Å². The van der Waals surface area contributed by atoms with E-state index in [1.54, 1.807) is 17.0 Å². The topological polar surface area (TPSA) is 56.1 Å². The van der Waals surface area contributed by atoms with Crippen molar-refractivity contribution in [3.8, 4) is 0 Å². The van der Waals surface area contributed by atoms with Gasteiger partial charge in [0, 0.05) is 32.1 Å². The predicted octanol–water partition coefficient (Wildman–Crippen LogP) is 1.88. The first-order valence-electron chi connectivity index (χ1n) is 6.56. The Bertz CT molecular complexity index is 401. The molecule has 1 aromatic rings. The fraction of sp³-hybridized carbons (Fsp3) is 0.692. The third-order valence-electron chi connectivity index (χ3n) is 2.57. The van der Waals surface area contributed by atoms with Crippen molar-refractivity contribution in [2.45, 2.75) is 46.3 Å². The highest BCUT2D eigenvalue weighted by molar-refractivity contribution is 5.30. The molecule has 0 fully saturated rings. The molecule has 1 rings (SSSR count). The highest BCUT2D eigenvalue weighted by atomic mass is 16.5. The Morgan fingerprint density at radius 1 is 1.44 bits per heavy atom. The van der Waals surface area contributed by atoms with E-state index >= 15 is 0 Å². The number of aromatic nitrogens is 2. The molecule has 0 bridgehead atoms. The van der Waals surface area contributed by atoms with Crippen molar-refractivity contribution in [3.05, 3.63) is 22.7 Å². The molecule has 0 radical (unpaired) electrons. The SMILES string of the molecule is CCn1ccnc(NCCCCOC(C)C)c1=O. The molecule has 0 aliphatic heterocycles. The average molecular weight is 253 g/mol. The Labute approximate surface area is 108 Å². The van der Waals surface area contributed by atoms with E-state index in [0.29, 0.717) is 12.4 Å². The highest BCUT2D eigenvalue weighted by Crippen LogP contribution is 1.97. The number of ether oxygens (including phenoxy) is 1. The van der Waals surface area contributed by atoms with Crippen LogP contribution < -0.4 is 10.9 Å². The van der Waals surface area contributed by atoms with Gasteiger partial charge in [-0.3, -0.25) is 4.79 Å². The zero-order valence-electron chi connectivity index (χ0n) is 11.5. The Morgan fingerprint density at radius 2 is 2.22 bits per heavy atom. The number of nitrogens with one attached hydrogen (secondary N) is 1. The number of aryl methyl sites for hydroxylation is 1. The minimum atomic E-state index is -0.0570. The maximum Gasteiger partial charge on any atom is 0.293 e. The van der Waals surface area contributed by atoms with Crippen molar-refractivity contribution in [1.29, 1.82) is 0 Å². The largest absolute Gasteiger partial charge is 0.379 e. The van der Waals surface area contributed by atoms with Crippen LogP contribution in [0.1, 0.15) is 33.6 Å². The molecule has 18 heavy (non-hydrogen) atoms. The summed E-state index contributed by atoms with van der Waals surface area (Å²) in [5.74, 6) is 0.434. The Kier molecular flexibility index (Phi) is 6.43. The molecule has 1 heterocycles. The lowest BCUT2D eigenvalue weighted by atomic mass is 10.3. The van der Waals surface area contributed by atoms with Gasteiger partial charge in [0.1, 0.15) is 0 Å². The summed E-state index contributed by atoms with van der Waals surface area (Å²) < 4.78 is 7.08. The monoisotopic (exact) mass is 253 g/mol. The molecule has 0 amide bonds. The second-order valence-electron chi connectivity index (χ2n) is 4.42. The van der Waals surface area contributed by atoms with Crippen molar-refractivity contribution >= 4 is 5.82 Å². The first-order valence-corrected chi connectivity index (χ1v) is 6.56. The summed E-state index contributed by atoms with van der Waals surface area (Å²) in [6, 6.07) is 0. The first kappa shape index (κ1) is 14.7. The highest BCUT2D eigenvalue weighted by Gasteiger charge is 2.02. The van der Waals surface area contributed by atoms with Crippen LogP contribution >= 0.6 is 0 Å². The minimum Gasteiger partial charge on any atom is -0.379 e. The third-order valence-corrected chi connectivity index (χ3v) is 2.57. The summed E-state index contributed by atoms with van der Waals surface area (Å²) in [5.41, 5.74) is -0.0570. The van der Waals surface area contributed by atoms with E-state index < -0.39 is 0 Å². The molecule has 0 spiro atoms. The number of hydrogen-bond acceptors (Lipinski definition) is 4. The molecular formula is C13H23N3O2. The normalized spacial score (nSPS) is 10.9.